The monoisotopic (exact) mass is 358 g/mol. The van der Waals surface area contributed by atoms with Crippen LogP contribution in [0.5, 0.6) is 5.75 Å². The van der Waals surface area contributed by atoms with Crippen molar-refractivity contribution in [3.05, 3.63) is 41.0 Å². The molecule has 4 N–H and O–H groups in total. The van der Waals surface area contributed by atoms with E-state index >= 15 is 0 Å². The third-order valence-electron chi connectivity index (χ3n) is 6.08. The van der Waals surface area contributed by atoms with E-state index < -0.39 is 45.8 Å². The first-order valence-corrected chi connectivity index (χ1v) is 8.37. The molecule has 4 atom stereocenters. The second-order valence-electron chi connectivity index (χ2n) is 7.52. The molecule has 1 saturated carbocycles. The lowest BCUT2D eigenvalue weighted by Gasteiger charge is -2.58. The molecule has 7 nitrogen and oxygen atoms in total. The van der Waals surface area contributed by atoms with Crippen molar-refractivity contribution in [2.75, 3.05) is 0 Å². The maximum Gasteiger partial charge on any atom is 0.199 e. The average molecular weight is 358 g/mol. The Hall–Kier alpha value is -2.35. The van der Waals surface area contributed by atoms with Gasteiger partial charge in [0.05, 0.1) is 11.5 Å². The minimum Gasteiger partial charge on any atom is -0.507 e. The van der Waals surface area contributed by atoms with E-state index in [0.717, 1.165) is 6.08 Å². The first-order chi connectivity index (χ1) is 12.1. The van der Waals surface area contributed by atoms with Crippen LogP contribution >= 0.6 is 0 Å². The maximum absolute atomic E-state index is 13.1. The number of ketones is 3. The highest BCUT2D eigenvalue weighted by atomic mass is 16.4. The standard InChI is InChI=1S/C19H18O7/c1-9-7-13(21)19(26)17(24,8-9)6-5-11-15(22)14-10(3-2-4-12(14)20)16(23)18(11,19)25/h2-4,7,11,20,24-26H,5-6,8H2,1H3/t11-,17-,18+,19+/m0/s1. The molecule has 0 aliphatic heterocycles. The highest BCUT2D eigenvalue weighted by Crippen LogP contribution is 2.56. The molecule has 136 valence electrons. The quantitative estimate of drug-likeness (QED) is 0.524. The summed E-state index contributed by atoms with van der Waals surface area (Å²) in [6.07, 6.45) is 0.743. The summed E-state index contributed by atoms with van der Waals surface area (Å²) < 4.78 is 0. The Morgan fingerprint density at radius 3 is 2.50 bits per heavy atom. The molecule has 3 aliphatic carbocycles. The van der Waals surface area contributed by atoms with Crippen LogP contribution in [0.25, 0.3) is 0 Å². The van der Waals surface area contributed by atoms with Gasteiger partial charge in [0, 0.05) is 12.0 Å². The minimum absolute atomic E-state index is 0.0986. The van der Waals surface area contributed by atoms with E-state index in [1.165, 1.54) is 18.2 Å². The first kappa shape index (κ1) is 17.1. The molecule has 0 spiro atoms. The van der Waals surface area contributed by atoms with Crippen LogP contribution in [0.4, 0.5) is 0 Å². The zero-order chi connectivity index (χ0) is 19.1. The molecule has 0 bridgehead atoms. The van der Waals surface area contributed by atoms with Crippen LogP contribution < -0.4 is 0 Å². The molecule has 0 radical (unpaired) electrons. The van der Waals surface area contributed by atoms with E-state index in [2.05, 4.69) is 0 Å². The predicted octanol–water partition coefficient (Wildman–Crippen LogP) is 0.294. The Labute approximate surface area is 148 Å². The molecule has 0 amide bonds. The number of carbonyl (C=O) groups is 3. The van der Waals surface area contributed by atoms with Gasteiger partial charge in [-0.2, -0.15) is 0 Å². The number of aliphatic hydroxyl groups is 3. The number of Topliss-reactive ketones (excluding diaryl/α,β-unsaturated/α-hetero) is 2. The third-order valence-corrected chi connectivity index (χ3v) is 6.08. The molecule has 4 rings (SSSR count). The summed E-state index contributed by atoms with van der Waals surface area (Å²) in [6, 6.07) is 3.82. The summed E-state index contributed by atoms with van der Waals surface area (Å²) in [4.78, 5) is 38.8. The molecular weight excluding hydrogens is 340 g/mol. The fourth-order valence-corrected chi connectivity index (χ4v) is 4.87. The van der Waals surface area contributed by atoms with Gasteiger partial charge in [0.2, 0.25) is 0 Å². The van der Waals surface area contributed by atoms with E-state index in [-0.39, 0.29) is 30.4 Å². The van der Waals surface area contributed by atoms with Gasteiger partial charge in [0.1, 0.15) is 11.4 Å². The smallest absolute Gasteiger partial charge is 0.199 e. The molecular formula is C19H18O7. The highest BCUT2D eigenvalue weighted by Gasteiger charge is 2.76. The molecule has 7 heteroatoms. The van der Waals surface area contributed by atoms with Gasteiger partial charge in [-0.25, -0.2) is 0 Å². The lowest BCUT2D eigenvalue weighted by molar-refractivity contribution is -0.249. The summed E-state index contributed by atoms with van der Waals surface area (Å²) in [5.41, 5.74) is -7.68. The van der Waals surface area contributed by atoms with Crippen LogP contribution in [0.1, 0.15) is 46.9 Å². The van der Waals surface area contributed by atoms with Crippen molar-refractivity contribution in [1.82, 2.24) is 0 Å². The van der Waals surface area contributed by atoms with E-state index in [1.54, 1.807) is 6.92 Å². The molecule has 1 fully saturated rings. The molecule has 3 aliphatic rings. The minimum atomic E-state index is -2.83. The van der Waals surface area contributed by atoms with Gasteiger partial charge in [-0.05, 0) is 31.9 Å². The van der Waals surface area contributed by atoms with Crippen LogP contribution in [0.3, 0.4) is 0 Å². The van der Waals surface area contributed by atoms with Crippen molar-refractivity contribution in [1.29, 1.82) is 0 Å². The van der Waals surface area contributed by atoms with Gasteiger partial charge in [-0.1, -0.05) is 17.7 Å². The fourth-order valence-electron chi connectivity index (χ4n) is 4.87. The van der Waals surface area contributed by atoms with Gasteiger partial charge in [0.25, 0.3) is 0 Å². The Kier molecular flexibility index (Phi) is 3.21. The molecule has 1 aromatic carbocycles. The van der Waals surface area contributed by atoms with Crippen molar-refractivity contribution in [3.8, 4) is 5.75 Å². The molecule has 26 heavy (non-hydrogen) atoms. The van der Waals surface area contributed by atoms with E-state index in [0.29, 0.717) is 5.57 Å². The summed E-state index contributed by atoms with van der Waals surface area (Å²) in [7, 11) is 0. The molecule has 0 unspecified atom stereocenters. The Morgan fingerprint density at radius 2 is 1.81 bits per heavy atom. The Morgan fingerprint density at radius 1 is 1.12 bits per heavy atom. The number of fused-ring (bicyclic) bond motifs is 4. The zero-order valence-electron chi connectivity index (χ0n) is 14.0. The van der Waals surface area contributed by atoms with Gasteiger partial charge in [0.15, 0.2) is 28.6 Å². The van der Waals surface area contributed by atoms with Crippen LogP contribution in [-0.4, -0.2) is 54.6 Å². The number of aromatic hydroxyl groups is 1. The van der Waals surface area contributed by atoms with Crippen molar-refractivity contribution >= 4 is 17.3 Å². The summed E-state index contributed by atoms with van der Waals surface area (Å²) >= 11 is 0. The maximum atomic E-state index is 13.1. The second kappa shape index (κ2) is 4.88. The van der Waals surface area contributed by atoms with Crippen molar-refractivity contribution in [3.63, 3.8) is 0 Å². The number of phenolic OH excluding ortho intramolecular Hbond substituents is 1. The third kappa shape index (κ3) is 1.66. The van der Waals surface area contributed by atoms with Crippen molar-refractivity contribution in [2.24, 2.45) is 5.92 Å². The molecule has 0 saturated heterocycles. The van der Waals surface area contributed by atoms with Gasteiger partial charge < -0.3 is 20.4 Å². The highest BCUT2D eigenvalue weighted by molar-refractivity contribution is 6.23. The van der Waals surface area contributed by atoms with Crippen LogP contribution in [0.15, 0.2) is 29.8 Å². The summed E-state index contributed by atoms with van der Waals surface area (Å²) in [5.74, 6) is -4.61. The van der Waals surface area contributed by atoms with Crippen LogP contribution in [0, 0.1) is 5.92 Å². The lowest BCUT2D eigenvalue weighted by Crippen LogP contribution is -2.81. The molecule has 0 aromatic heterocycles. The summed E-state index contributed by atoms with van der Waals surface area (Å²) in [6.45, 7) is 1.60. The van der Waals surface area contributed by atoms with Crippen LogP contribution in [0.2, 0.25) is 0 Å². The lowest BCUT2D eigenvalue weighted by atomic mass is 9.49. The largest absolute Gasteiger partial charge is 0.507 e. The Balaban J connectivity index is 2.02. The number of phenols is 1. The van der Waals surface area contributed by atoms with E-state index in [1.807, 2.05) is 0 Å². The van der Waals surface area contributed by atoms with Crippen LogP contribution in [-0.2, 0) is 4.79 Å². The SMILES string of the molecule is CC1=CC(=O)[C@@]2(O)[C@](O)(CC[C@H]3C(=O)c4c(O)cccc4C(=O)[C@]32O)C1. The number of carbonyl (C=O) groups excluding carboxylic acids is 3. The Bertz CT molecular complexity index is 916. The van der Waals surface area contributed by atoms with Crippen molar-refractivity contribution in [2.45, 2.75) is 43.0 Å². The second-order valence-corrected chi connectivity index (χ2v) is 7.52. The normalized spacial score (nSPS) is 39.0. The summed E-state index contributed by atoms with van der Waals surface area (Å²) in [5, 5.41) is 43.6. The predicted molar refractivity (Wildman–Crippen MR) is 87.7 cm³/mol. The van der Waals surface area contributed by atoms with E-state index in [9.17, 15) is 34.8 Å². The van der Waals surface area contributed by atoms with Gasteiger partial charge >= 0.3 is 0 Å². The number of benzene rings is 1. The van der Waals surface area contributed by atoms with Gasteiger partial charge in [-0.3, -0.25) is 14.4 Å². The molecule has 1 aromatic rings. The number of rotatable bonds is 0. The number of hydrogen-bond acceptors (Lipinski definition) is 7. The topological polar surface area (TPSA) is 132 Å². The zero-order valence-corrected chi connectivity index (χ0v) is 14.0. The van der Waals surface area contributed by atoms with Gasteiger partial charge in [-0.15, -0.1) is 0 Å². The average Bonchev–Trinajstić information content (AvgIpc) is 2.56. The van der Waals surface area contributed by atoms with Crippen molar-refractivity contribution < 1.29 is 34.8 Å². The first-order valence-electron chi connectivity index (χ1n) is 8.37. The number of hydrogen-bond donors (Lipinski definition) is 4. The molecule has 0 heterocycles. The van der Waals surface area contributed by atoms with E-state index in [4.69, 9.17) is 0 Å². The fraction of sp³-hybridized carbons (Fsp3) is 0.421.